The largest absolute Gasteiger partial charge is 0.480 e. The van der Waals surface area contributed by atoms with E-state index >= 15 is 0 Å². The number of aromatic nitrogens is 2. The number of nitrogens with one attached hydrogen (secondary N) is 2. The molecule has 0 radical (unpaired) electrons. The maximum atomic E-state index is 13.3. The fraction of sp³-hybridized carbons (Fsp3) is 0.375. The minimum absolute atomic E-state index is 0.0137. The van der Waals surface area contributed by atoms with Crippen molar-refractivity contribution in [1.29, 1.82) is 0 Å². The summed E-state index contributed by atoms with van der Waals surface area (Å²) in [5.74, 6) is -1.16. The van der Waals surface area contributed by atoms with Crippen LogP contribution in [0.4, 0.5) is 17.2 Å². The molecule has 1 saturated heterocycles. The van der Waals surface area contributed by atoms with Gasteiger partial charge in [0.2, 0.25) is 0 Å². The molecule has 13 heteroatoms. The number of nitrogens with zero attached hydrogens (tertiary/aromatic N) is 4. The Balaban J connectivity index is 1.18. The molecule has 0 spiro atoms. The lowest BCUT2D eigenvalue weighted by Gasteiger charge is -2.34. The second-order valence-corrected chi connectivity index (χ2v) is 14.0. The predicted octanol–water partition coefficient (Wildman–Crippen LogP) is 4.92. The normalized spacial score (nSPS) is 13.5. The average molecular weight is 725 g/mol. The van der Waals surface area contributed by atoms with Crippen molar-refractivity contribution < 1.29 is 29.0 Å². The summed E-state index contributed by atoms with van der Waals surface area (Å²) in [7, 11) is 1.66. The van der Waals surface area contributed by atoms with Crippen LogP contribution in [0.5, 0.6) is 0 Å². The fourth-order valence-corrected chi connectivity index (χ4v) is 5.95. The van der Waals surface area contributed by atoms with Crippen molar-refractivity contribution in [2.75, 3.05) is 69.8 Å². The molecule has 2 amide bonds. The van der Waals surface area contributed by atoms with Gasteiger partial charge in [-0.1, -0.05) is 45.0 Å². The first kappa shape index (κ1) is 38.9. The highest BCUT2D eigenvalue weighted by Crippen LogP contribution is 2.29. The minimum Gasteiger partial charge on any atom is -0.480 e. The van der Waals surface area contributed by atoms with Crippen molar-refractivity contribution in [3.63, 3.8) is 0 Å². The van der Waals surface area contributed by atoms with Gasteiger partial charge in [-0.15, -0.1) is 0 Å². The van der Waals surface area contributed by atoms with Gasteiger partial charge in [-0.05, 0) is 65.9 Å². The number of ether oxygens (including phenoxy) is 2. The van der Waals surface area contributed by atoms with E-state index in [1.807, 2.05) is 54.3 Å². The predicted molar refractivity (Wildman–Crippen MR) is 204 cm³/mol. The number of aryl methyl sites for hydroxylation is 1. The van der Waals surface area contributed by atoms with Gasteiger partial charge in [-0.2, -0.15) is 0 Å². The lowest BCUT2D eigenvalue weighted by Crippen LogP contribution is -2.49. The van der Waals surface area contributed by atoms with Crippen LogP contribution < -0.4 is 16.2 Å². The van der Waals surface area contributed by atoms with Gasteiger partial charge in [0.15, 0.2) is 5.82 Å². The maximum Gasteiger partial charge on any atom is 0.329 e. The van der Waals surface area contributed by atoms with Crippen molar-refractivity contribution in [1.82, 2.24) is 19.4 Å². The summed E-state index contributed by atoms with van der Waals surface area (Å²) >= 11 is 0. The molecule has 0 unspecified atom stereocenters. The molecule has 0 atom stereocenters. The Bertz CT molecular complexity index is 1960. The molecular weight excluding hydrogens is 676 g/mol. The molecule has 1 aromatic heterocycles. The van der Waals surface area contributed by atoms with E-state index in [1.165, 1.54) is 4.57 Å². The SMILES string of the molecule is Cc1c(NC(=O)c2ccc(C(C)(C)C)cc2)cccc1-c1cn(C)c(=O)c(Nc2ccc(C(=O)N3CCN(CCOCCOCC(=O)O)CC3)cc2)n1. The van der Waals surface area contributed by atoms with Crippen LogP contribution in [0.15, 0.2) is 77.7 Å². The van der Waals surface area contributed by atoms with Gasteiger partial charge in [0, 0.05) is 74.0 Å². The summed E-state index contributed by atoms with van der Waals surface area (Å²) in [6, 6.07) is 20.2. The van der Waals surface area contributed by atoms with Gasteiger partial charge >= 0.3 is 5.97 Å². The Kier molecular flexibility index (Phi) is 12.8. The van der Waals surface area contributed by atoms with E-state index in [0.29, 0.717) is 61.0 Å². The molecule has 0 saturated carbocycles. The fourth-order valence-electron chi connectivity index (χ4n) is 5.95. The maximum absolute atomic E-state index is 13.3. The Morgan fingerprint density at radius 3 is 2.19 bits per heavy atom. The number of aliphatic carboxylic acids is 1. The highest BCUT2D eigenvalue weighted by molar-refractivity contribution is 6.05. The number of benzene rings is 3. The Morgan fingerprint density at radius 2 is 1.53 bits per heavy atom. The monoisotopic (exact) mass is 724 g/mol. The summed E-state index contributed by atoms with van der Waals surface area (Å²) in [5, 5.41) is 14.7. The highest BCUT2D eigenvalue weighted by atomic mass is 16.5. The number of carbonyl (C=O) groups excluding carboxylic acids is 2. The summed E-state index contributed by atoms with van der Waals surface area (Å²) < 4.78 is 11.9. The molecule has 13 nitrogen and oxygen atoms in total. The van der Waals surface area contributed by atoms with Crippen LogP contribution in [0.3, 0.4) is 0 Å². The second-order valence-electron chi connectivity index (χ2n) is 14.0. The van der Waals surface area contributed by atoms with Crippen LogP contribution in [-0.2, 0) is 26.7 Å². The van der Waals surface area contributed by atoms with Gasteiger partial charge in [0.05, 0.1) is 25.5 Å². The van der Waals surface area contributed by atoms with Gasteiger partial charge < -0.3 is 34.7 Å². The average Bonchev–Trinajstić information content (AvgIpc) is 3.13. The van der Waals surface area contributed by atoms with Crippen molar-refractivity contribution in [3.8, 4) is 11.3 Å². The first-order valence-corrected chi connectivity index (χ1v) is 17.7. The molecule has 1 aliphatic rings. The highest BCUT2D eigenvalue weighted by Gasteiger charge is 2.22. The number of piperazine rings is 1. The van der Waals surface area contributed by atoms with Gasteiger partial charge in [-0.25, -0.2) is 9.78 Å². The Hall–Kier alpha value is -5.37. The third kappa shape index (κ3) is 10.4. The molecule has 3 aromatic carbocycles. The number of rotatable bonds is 14. The zero-order chi connectivity index (χ0) is 38.1. The molecule has 53 heavy (non-hydrogen) atoms. The number of anilines is 3. The number of carboxylic acid groups (broad SMARTS) is 1. The molecule has 0 bridgehead atoms. The van der Waals surface area contributed by atoms with Crippen molar-refractivity contribution >= 4 is 35.0 Å². The number of carbonyl (C=O) groups is 3. The minimum atomic E-state index is -1.01. The summed E-state index contributed by atoms with van der Waals surface area (Å²) in [5.41, 5.74) is 5.30. The number of amides is 2. The second kappa shape index (κ2) is 17.4. The zero-order valence-electron chi connectivity index (χ0n) is 31.0. The van der Waals surface area contributed by atoms with Crippen LogP contribution in [0, 0.1) is 6.92 Å². The Morgan fingerprint density at radius 1 is 0.868 bits per heavy atom. The lowest BCUT2D eigenvalue weighted by atomic mass is 9.86. The van der Waals surface area contributed by atoms with E-state index in [1.54, 1.807) is 37.5 Å². The molecule has 0 aliphatic carbocycles. The third-order valence-corrected chi connectivity index (χ3v) is 9.15. The third-order valence-electron chi connectivity index (χ3n) is 9.15. The molecule has 2 heterocycles. The smallest absolute Gasteiger partial charge is 0.329 e. The topological polar surface area (TPSA) is 155 Å². The number of hydrogen-bond acceptors (Lipinski definition) is 9. The molecule has 1 fully saturated rings. The van der Waals surface area contributed by atoms with Crippen LogP contribution in [0.1, 0.15) is 52.6 Å². The van der Waals surface area contributed by atoms with E-state index in [-0.39, 0.29) is 41.8 Å². The zero-order valence-corrected chi connectivity index (χ0v) is 31.0. The summed E-state index contributed by atoms with van der Waals surface area (Å²) in [6.07, 6.45) is 1.67. The van der Waals surface area contributed by atoms with E-state index in [9.17, 15) is 19.2 Å². The standard InChI is InChI=1S/C40H48N6O7/c1-27-32(7-6-8-33(27)43-37(49)28-9-13-30(14-10-28)40(2,3)4)34-25-44(5)39(51)36(42-34)41-31-15-11-29(12-16-31)38(50)46-19-17-45(18-20-46)21-22-52-23-24-53-26-35(47)48/h6-16,25H,17-24,26H2,1-5H3,(H,41,42)(H,43,49)(H,47,48). The van der Waals surface area contributed by atoms with Crippen LogP contribution in [0.2, 0.25) is 0 Å². The number of carboxylic acids is 1. The summed E-state index contributed by atoms with van der Waals surface area (Å²) in [6.45, 7) is 12.3. The molecular formula is C40H48N6O7. The molecule has 1 aliphatic heterocycles. The summed E-state index contributed by atoms with van der Waals surface area (Å²) in [4.78, 5) is 58.7. The van der Waals surface area contributed by atoms with Gasteiger partial charge in [0.1, 0.15) is 6.61 Å². The van der Waals surface area contributed by atoms with E-state index in [2.05, 4.69) is 41.3 Å². The van der Waals surface area contributed by atoms with Crippen molar-refractivity contribution in [2.45, 2.75) is 33.1 Å². The van der Waals surface area contributed by atoms with Crippen LogP contribution >= 0.6 is 0 Å². The van der Waals surface area contributed by atoms with Gasteiger partial charge in [-0.3, -0.25) is 19.3 Å². The van der Waals surface area contributed by atoms with Gasteiger partial charge in [0.25, 0.3) is 17.4 Å². The molecule has 3 N–H and O–H groups in total. The number of hydrogen-bond donors (Lipinski definition) is 3. The molecule has 5 rings (SSSR count). The van der Waals surface area contributed by atoms with Crippen LogP contribution in [0.25, 0.3) is 11.3 Å². The molecule has 280 valence electrons. The Labute approximate surface area is 309 Å². The molecule has 4 aromatic rings. The van der Waals surface area contributed by atoms with E-state index < -0.39 is 5.97 Å². The quantitative estimate of drug-likeness (QED) is 0.153. The van der Waals surface area contributed by atoms with Crippen molar-refractivity contribution in [3.05, 3.63) is 106 Å². The van der Waals surface area contributed by atoms with Crippen molar-refractivity contribution in [2.24, 2.45) is 7.05 Å². The lowest BCUT2D eigenvalue weighted by molar-refractivity contribution is -0.142. The van der Waals surface area contributed by atoms with E-state index in [4.69, 9.17) is 14.6 Å². The first-order valence-electron chi connectivity index (χ1n) is 17.7. The van der Waals surface area contributed by atoms with E-state index in [0.717, 1.165) is 29.8 Å². The first-order chi connectivity index (χ1) is 25.3. The van der Waals surface area contributed by atoms with Crippen LogP contribution in [-0.4, -0.2) is 101 Å².